The Morgan fingerprint density at radius 1 is 0.846 bits per heavy atom. The Morgan fingerprint density at radius 3 is 1.58 bits per heavy atom. The van der Waals surface area contributed by atoms with Gasteiger partial charge in [-0.3, -0.25) is 19.2 Å². The second-order valence-electron chi connectivity index (χ2n) is 6.36. The van der Waals surface area contributed by atoms with Crippen LogP contribution in [0, 0.1) is 5.41 Å². The van der Waals surface area contributed by atoms with Crippen molar-refractivity contribution in [1.82, 2.24) is 0 Å². The van der Waals surface area contributed by atoms with Crippen molar-refractivity contribution in [2.24, 2.45) is 5.41 Å². The van der Waals surface area contributed by atoms with Crippen LogP contribution in [0.5, 0.6) is 0 Å². The maximum Gasteiger partial charge on any atom is 0.317 e. The fraction of sp³-hybridized carbons (Fsp3) is 0.778. The van der Waals surface area contributed by atoms with E-state index in [0.717, 1.165) is 0 Å². The van der Waals surface area contributed by atoms with Crippen molar-refractivity contribution in [3.63, 3.8) is 0 Å². The minimum Gasteiger partial charge on any atom is -0.481 e. The Hall–Kier alpha value is -2.12. The van der Waals surface area contributed by atoms with Crippen molar-refractivity contribution in [3.8, 4) is 0 Å². The highest BCUT2D eigenvalue weighted by molar-refractivity contribution is 5.78. The lowest BCUT2D eigenvalue weighted by Gasteiger charge is -2.38. The van der Waals surface area contributed by atoms with Gasteiger partial charge in [0.2, 0.25) is 0 Å². The summed E-state index contributed by atoms with van der Waals surface area (Å²) < 4.78 is 10.6. The van der Waals surface area contributed by atoms with Gasteiger partial charge in [0, 0.05) is 19.3 Å². The van der Waals surface area contributed by atoms with E-state index in [-0.39, 0.29) is 32.1 Å². The molecule has 8 heteroatoms. The van der Waals surface area contributed by atoms with Gasteiger partial charge in [0.15, 0.2) is 0 Å². The van der Waals surface area contributed by atoms with E-state index in [1.807, 2.05) is 0 Å². The number of hydrogen-bond acceptors (Lipinski definition) is 6. The normalized spacial score (nSPS) is 15.4. The van der Waals surface area contributed by atoms with Gasteiger partial charge >= 0.3 is 23.9 Å². The van der Waals surface area contributed by atoms with Crippen LogP contribution >= 0.6 is 0 Å². The Labute approximate surface area is 153 Å². The van der Waals surface area contributed by atoms with Crippen molar-refractivity contribution in [1.29, 1.82) is 0 Å². The molecular weight excluding hydrogens is 344 g/mol. The first-order valence-electron chi connectivity index (χ1n) is 8.95. The zero-order valence-corrected chi connectivity index (χ0v) is 15.9. The number of esters is 2. The Kier molecular flexibility index (Phi) is 10.6. The minimum atomic E-state index is -1.72. The molecule has 0 amide bonds. The molecule has 0 aromatic carbocycles. The summed E-state index contributed by atoms with van der Waals surface area (Å²) in [5.41, 5.74) is -1.72. The van der Waals surface area contributed by atoms with Crippen molar-refractivity contribution in [3.05, 3.63) is 0 Å². The summed E-state index contributed by atoms with van der Waals surface area (Å²) in [4.78, 5) is 46.6. The standard InChI is InChI=1S/C18H30O8/c1-5-8-15(21)25-12(3)18(17(23)24,11-7-10-14(19)20)13(4)26-16(22)9-6-2/h12-13H,5-11H2,1-4H3,(H,19,20)(H,23,24). The van der Waals surface area contributed by atoms with Crippen molar-refractivity contribution >= 4 is 23.9 Å². The first kappa shape index (κ1) is 23.9. The highest BCUT2D eigenvalue weighted by Crippen LogP contribution is 2.37. The molecule has 0 aliphatic heterocycles. The summed E-state index contributed by atoms with van der Waals surface area (Å²) in [7, 11) is 0. The zero-order chi connectivity index (χ0) is 20.3. The van der Waals surface area contributed by atoms with Gasteiger partial charge in [0.25, 0.3) is 0 Å². The fourth-order valence-corrected chi connectivity index (χ4v) is 2.85. The fourth-order valence-electron chi connectivity index (χ4n) is 2.85. The molecule has 0 saturated carbocycles. The van der Waals surface area contributed by atoms with Gasteiger partial charge in [0.05, 0.1) is 0 Å². The van der Waals surface area contributed by atoms with Crippen LogP contribution in [0.1, 0.15) is 72.6 Å². The lowest BCUT2D eigenvalue weighted by molar-refractivity contribution is -0.187. The van der Waals surface area contributed by atoms with Gasteiger partial charge in [-0.2, -0.15) is 0 Å². The molecule has 0 aromatic heterocycles. The molecule has 0 bridgehead atoms. The molecule has 2 atom stereocenters. The lowest BCUT2D eigenvalue weighted by Crippen LogP contribution is -2.52. The molecule has 0 rings (SSSR count). The number of carboxylic acid groups (broad SMARTS) is 2. The van der Waals surface area contributed by atoms with Crippen LogP contribution in [0.2, 0.25) is 0 Å². The number of ether oxygens (including phenoxy) is 2. The third-order valence-electron chi connectivity index (χ3n) is 4.35. The summed E-state index contributed by atoms with van der Waals surface area (Å²) >= 11 is 0. The summed E-state index contributed by atoms with van der Waals surface area (Å²) in [6, 6.07) is 0. The summed E-state index contributed by atoms with van der Waals surface area (Å²) in [5.74, 6) is -3.45. The number of aliphatic carboxylic acids is 2. The van der Waals surface area contributed by atoms with E-state index in [1.165, 1.54) is 13.8 Å². The molecule has 26 heavy (non-hydrogen) atoms. The number of carbonyl (C=O) groups excluding carboxylic acids is 2. The quantitative estimate of drug-likeness (QED) is 0.471. The molecule has 2 unspecified atom stereocenters. The van der Waals surface area contributed by atoms with Crippen LogP contribution in [-0.2, 0) is 28.7 Å². The van der Waals surface area contributed by atoms with Crippen LogP contribution in [0.25, 0.3) is 0 Å². The Bertz CT molecular complexity index is 473. The van der Waals surface area contributed by atoms with Gasteiger partial charge in [-0.15, -0.1) is 0 Å². The van der Waals surface area contributed by atoms with Gasteiger partial charge in [-0.05, 0) is 39.5 Å². The smallest absolute Gasteiger partial charge is 0.317 e. The van der Waals surface area contributed by atoms with E-state index in [1.54, 1.807) is 13.8 Å². The third-order valence-corrected chi connectivity index (χ3v) is 4.35. The molecule has 0 radical (unpaired) electrons. The molecule has 8 nitrogen and oxygen atoms in total. The molecule has 0 fully saturated rings. The summed E-state index contributed by atoms with van der Waals surface area (Å²) in [6.07, 6.45) is -1.09. The van der Waals surface area contributed by atoms with Crippen LogP contribution in [0.4, 0.5) is 0 Å². The van der Waals surface area contributed by atoms with Gasteiger partial charge in [-0.25, -0.2) is 0 Å². The monoisotopic (exact) mass is 374 g/mol. The largest absolute Gasteiger partial charge is 0.481 e. The maximum absolute atomic E-state index is 12.1. The topological polar surface area (TPSA) is 127 Å². The molecular formula is C18H30O8. The average molecular weight is 374 g/mol. The minimum absolute atomic E-state index is 0.0486. The predicted molar refractivity (Wildman–Crippen MR) is 92.5 cm³/mol. The second kappa shape index (κ2) is 11.5. The zero-order valence-electron chi connectivity index (χ0n) is 15.9. The first-order chi connectivity index (χ1) is 12.1. The SMILES string of the molecule is CCCC(=O)OC(C)C(CCCC(=O)O)(C(=O)O)C(C)OC(=O)CCC. The number of carboxylic acids is 2. The molecule has 0 aliphatic carbocycles. The number of carbonyl (C=O) groups is 4. The average Bonchev–Trinajstić information content (AvgIpc) is 2.50. The Morgan fingerprint density at radius 2 is 1.27 bits per heavy atom. The first-order valence-corrected chi connectivity index (χ1v) is 8.95. The summed E-state index contributed by atoms with van der Waals surface area (Å²) in [6.45, 7) is 6.45. The van der Waals surface area contributed by atoms with E-state index >= 15 is 0 Å². The van der Waals surface area contributed by atoms with Crippen molar-refractivity contribution in [2.45, 2.75) is 84.8 Å². The summed E-state index contributed by atoms with van der Waals surface area (Å²) in [5, 5.41) is 18.7. The van der Waals surface area contributed by atoms with Crippen LogP contribution < -0.4 is 0 Å². The van der Waals surface area contributed by atoms with E-state index in [2.05, 4.69) is 0 Å². The maximum atomic E-state index is 12.1. The third kappa shape index (κ3) is 7.01. The highest BCUT2D eigenvalue weighted by Gasteiger charge is 2.52. The van der Waals surface area contributed by atoms with Crippen molar-refractivity contribution < 1.29 is 38.9 Å². The number of rotatable bonds is 13. The van der Waals surface area contributed by atoms with E-state index in [0.29, 0.717) is 12.8 Å². The molecule has 0 spiro atoms. The molecule has 0 aromatic rings. The van der Waals surface area contributed by atoms with E-state index in [4.69, 9.17) is 14.6 Å². The van der Waals surface area contributed by atoms with Gasteiger partial charge < -0.3 is 19.7 Å². The number of hydrogen-bond donors (Lipinski definition) is 2. The molecule has 0 aliphatic rings. The molecule has 0 saturated heterocycles. The van der Waals surface area contributed by atoms with Crippen LogP contribution in [0.3, 0.4) is 0 Å². The van der Waals surface area contributed by atoms with Crippen molar-refractivity contribution in [2.75, 3.05) is 0 Å². The van der Waals surface area contributed by atoms with Crippen LogP contribution in [-0.4, -0.2) is 46.3 Å². The van der Waals surface area contributed by atoms with Gasteiger partial charge in [0.1, 0.15) is 17.6 Å². The molecule has 0 heterocycles. The molecule has 2 N–H and O–H groups in total. The van der Waals surface area contributed by atoms with Crippen LogP contribution in [0.15, 0.2) is 0 Å². The lowest BCUT2D eigenvalue weighted by atomic mass is 9.73. The predicted octanol–water partition coefficient (Wildman–Crippen LogP) is 2.78. The Balaban J connectivity index is 5.59. The van der Waals surface area contributed by atoms with E-state index < -0.39 is 41.5 Å². The van der Waals surface area contributed by atoms with Gasteiger partial charge in [-0.1, -0.05) is 13.8 Å². The second-order valence-corrected chi connectivity index (χ2v) is 6.36. The highest BCUT2D eigenvalue weighted by atomic mass is 16.6. The molecule has 150 valence electrons. The van der Waals surface area contributed by atoms with E-state index in [9.17, 15) is 24.3 Å².